The van der Waals surface area contributed by atoms with E-state index in [4.69, 9.17) is 13.6 Å². The Balaban J connectivity index is 2.81. The van der Waals surface area contributed by atoms with Crippen LogP contribution in [0.2, 0.25) is 39.3 Å². The molecule has 7 heteroatoms. The van der Waals surface area contributed by atoms with Crippen molar-refractivity contribution in [3.8, 4) is 0 Å². The lowest BCUT2D eigenvalue weighted by atomic mass is 10.1. The molecular formula is C13H26O5Si2. The summed E-state index contributed by atoms with van der Waals surface area (Å²) in [4.78, 5) is 11.7. The van der Waals surface area contributed by atoms with Crippen LogP contribution in [0.3, 0.4) is 0 Å². The average molecular weight is 319 g/mol. The standard InChI is InChI=1S/C13H26O5Si2/c1-9-11(18-20(5,6)7)12(17-13(9)15)10(14)8-16-19(2,3)4/h10,12,14H,8H2,1-7H3. The molecule has 1 aliphatic rings. The van der Waals surface area contributed by atoms with Gasteiger partial charge in [0.15, 0.2) is 14.4 Å². The number of hydrogen-bond donors (Lipinski definition) is 1. The molecule has 0 spiro atoms. The quantitative estimate of drug-likeness (QED) is 0.601. The van der Waals surface area contributed by atoms with E-state index in [-0.39, 0.29) is 6.61 Å². The lowest BCUT2D eigenvalue weighted by molar-refractivity contribution is -0.145. The highest BCUT2D eigenvalue weighted by atomic mass is 28.4. The van der Waals surface area contributed by atoms with Gasteiger partial charge in [-0.1, -0.05) is 0 Å². The number of rotatable bonds is 6. The SMILES string of the molecule is CC1=C(O[Si](C)(C)C)C(C(O)CO[Si](C)(C)C)OC1=O. The number of cyclic esters (lactones) is 1. The van der Waals surface area contributed by atoms with Gasteiger partial charge >= 0.3 is 5.97 Å². The molecule has 116 valence electrons. The van der Waals surface area contributed by atoms with Crippen LogP contribution in [-0.2, 0) is 18.4 Å². The molecule has 1 heterocycles. The number of carbonyl (C=O) groups excluding carboxylic acids is 1. The minimum atomic E-state index is -1.87. The summed E-state index contributed by atoms with van der Waals surface area (Å²) in [5, 5.41) is 10.2. The highest BCUT2D eigenvalue weighted by Crippen LogP contribution is 2.29. The summed E-state index contributed by atoms with van der Waals surface area (Å²) in [6.07, 6.45) is -1.64. The van der Waals surface area contributed by atoms with Crippen molar-refractivity contribution in [3.63, 3.8) is 0 Å². The predicted molar refractivity (Wildman–Crippen MR) is 82.3 cm³/mol. The predicted octanol–water partition coefficient (Wildman–Crippen LogP) is 2.25. The van der Waals surface area contributed by atoms with Crippen LogP contribution in [0.1, 0.15) is 6.92 Å². The molecule has 0 aromatic rings. The molecule has 0 saturated carbocycles. The average Bonchev–Trinajstić information content (AvgIpc) is 2.51. The Hall–Kier alpha value is -0.636. The largest absolute Gasteiger partial charge is 0.544 e. The number of ether oxygens (including phenoxy) is 1. The maximum absolute atomic E-state index is 11.7. The van der Waals surface area contributed by atoms with E-state index in [1.807, 2.05) is 39.3 Å². The molecule has 0 saturated heterocycles. The molecule has 0 aromatic carbocycles. The van der Waals surface area contributed by atoms with Crippen LogP contribution in [0.25, 0.3) is 0 Å². The van der Waals surface area contributed by atoms with Crippen molar-refractivity contribution in [2.24, 2.45) is 0 Å². The van der Waals surface area contributed by atoms with E-state index in [1.54, 1.807) is 6.92 Å². The summed E-state index contributed by atoms with van der Waals surface area (Å²) in [5.74, 6) is 0.0520. The molecule has 0 amide bonds. The summed E-state index contributed by atoms with van der Waals surface area (Å²) in [7, 11) is -3.60. The van der Waals surface area contributed by atoms with Crippen LogP contribution >= 0.6 is 0 Å². The molecule has 2 unspecified atom stereocenters. The monoisotopic (exact) mass is 318 g/mol. The molecule has 0 aromatic heterocycles. The molecule has 1 aliphatic heterocycles. The van der Waals surface area contributed by atoms with Crippen LogP contribution in [0, 0.1) is 0 Å². The van der Waals surface area contributed by atoms with Crippen LogP contribution in [0.15, 0.2) is 11.3 Å². The van der Waals surface area contributed by atoms with E-state index >= 15 is 0 Å². The van der Waals surface area contributed by atoms with Gasteiger partial charge in [-0.2, -0.15) is 0 Å². The van der Waals surface area contributed by atoms with Gasteiger partial charge in [-0.3, -0.25) is 0 Å². The second-order valence-corrected chi connectivity index (χ2v) is 16.0. The summed E-state index contributed by atoms with van der Waals surface area (Å²) in [6.45, 7) is 14.0. The minimum absolute atomic E-state index is 0.152. The molecular weight excluding hydrogens is 292 g/mol. The van der Waals surface area contributed by atoms with Gasteiger partial charge in [0.05, 0.1) is 12.2 Å². The van der Waals surface area contributed by atoms with E-state index < -0.39 is 34.8 Å². The maximum atomic E-state index is 11.7. The van der Waals surface area contributed by atoms with Gasteiger partial charge < -0.3 is 18.7 Å². The molecule has 1 N–H and O–H groups in total. The first-order valence-electron chi connectivity index (χ1n) is 6.83. The van der Waals surface area contributed by atoms with Gasteiger partial charge in [-0.25, -0.2) is 4.79 Å². The Morgan fingerprint density at radius 2 is 1.75 bits per heavy atom. The first-order valence-corrected chi connectivity index (χ1v) is 13.6. The van der Waals surface area contributed by atoms with E-state index in [9.17, 15) is 9.90 Å². The van der Waals surface area contributed by atoms with E-state index in [2.05, 4.69) is 0 Å². The summed E-state index contributed by atoms with van der Waals surface area (Å²) >= 11 is 0. The van der Waals surface area contributed by atoms with Crippen molar-refractivity contribution in [1.82, 2.24) is 0 Å². The van der Waals surface area contributed by atoms with Crippen LogP contribution < -0.4 is 0 Å². The van der Waals surface area contributed by atoms with Crippen molar-refractivity contribution >= 4 is 22.6 Å². The van der Waals surface area contributed by atoms with E-state index in [0.29, 0.717) is 11.3 Å². The van der Waals surface area contributed by atoms with Crippen LogP contribution in [-0.4, -0.2) is 46.5 Å². The highest BCUT2D eigenvalue weighted by molar-refractivity contribution is 6.70. The first kappa shape index (κ1) is 17.4. The van der Waals surface area contributed by atoms with Crippen molar-refractivity contribution in [2.45, 2.75) is 58.4 Å². The fraction of sp³-hybridized carbons (Fsp3) is 0.769. The normalized spacial score (nSPS) is 22.0. The van der Waals surface area contributed by atoms with Gasteiger partial charge in [0.1, 0.15) is 11.9 Å². The number of carbonyl (C=O) groups is 1. The van der Waals surface area contributed by atoms with Crippen molar-refractivity contribution in [1.29, 1.82) is 0 Å². The molecule has 0 bridgehead atoms. The number of aliphatic hydroxyl groups excluding tert-OH is 1. The lowest BCUT2D eigenvalue weighted by Gasteiger charge is -2.28. The summed E-state index contributed by atoms with van der Waals surface area (Å²) in [6, 6.07) is 0. The van der Waals surface area contributed by atoms with E-state index in [1.165, 1.54) is 0 Å². The van der Waals surface area contributed by atoms with Gasteiger partial charge in [0, 0.05) is 0 Å². The summed E-state index contributed by atoms with van der Waals surface area (Å²) < 4.78 is 16.8. The summed E-state index contributed by atoms with van der Waals surface area (Å²) in [5.41, 5.74) is 0.449. The Morgan fingerprint density at radius 3 is 2.20 bits per heavy atom. The second kappa shape index (κ2) is 6.01. The molecule has 2 atom stereocenters. The zero-order valence-corrected chi connectivity index (χ0v) is 15.4. The minimum Gasteiger partial charge on any atom is -0.544 e. The fourth-order valence-electron chi connectivity index (χ4n) is 1.71. The Bertz CT molecular complexity index is 406. The molecule has 20 heavy (non-hydrogen) atoms. The smallest absolute Gasteiger partial charge is 0.338 e. The van der Waals surface area contributed by atoms with Crippen molar-refractivity contribution < 1.29 is 23.5 Å². The maximum Gasteiger partial charge on any atom is 0.338 e. The Kier molecular flexibility index (Phi) is 5.23. The topological polar surface area (TPSA) is 65.0 Å². The Morgan fingerprint density at radius 1 is 1.20 bits per heavy atom. The molecule has 5 nitrogen and oxygen atoms in total. The molecule has 0 fully saturated rings. The van der Waals surface area contributed by atoms with Gasteiger partial charge in [0.2, 0.25) is 8.32 Å². The van der Waals surface area contributed by atoms with Crippen molar-refractivity contribution in [3.05, 3.63) is 11.3 Å². The van der Waals surface area contributed by atoms with Gasteiger partial charge in [0.25, 0.3) is 0 Å². The lowest BCUT2D eigenvalue weighted by Crippen LogP contribution is -2.39. The molecule has 0 radical (unpaired) electrons. The highest BCUT2D eigenvalue weighted by Gasteiger charge is 2.40. The molecule has 1 rings (SSSR count). The van der Waals surface area contributed by atoms with Crippen LogP contribution in [0.5, 0.6) is 0 Å². The number of hydrogen-bond acceptors (Lipinski definition) is 5. The van der Waals surface area contributed by atoms with Gasteiger partial charge in [-0.05, 0) is 46.2 Å². The molecule has 0 aliphatic carbocycles. The first-order chi connectivity index (χ1) is 8.91. The zero-order chi connectivity index (χ0) is 15.7. The van der Waals surface area contributed by atoms with Gasteiger partial charge in [-0.15, -0.1) is 0 Å². The third-order valence-electron chi connectivity index (χ3n) is 2.62. The van der Waals surface area contributed by atoms with Crippen LogP contribution in [0.4, 0.5) is 0 Å². The fourth-order valence-corrected chi connectivity index (χ4v) is 3.31. The zero-order valence-electron chi connectivity index (χ0n) is 13.4. The van der Waals surface area contributed by atoms with Crippen molar-refractivity contribution in [2.75, 3.05) is 6.61 Å². The van der Waals surface area contributed by atoms with E-state index in [0.717, 1.165) is 0 Å². The number of aliphatic hydroxyl groups is 1. The Labute approximate surface area is 123 Å². The third-order valence-corrected chi connectivity index (χ3v) is 4.49. The number of esters is 1. The second-order valence-electron chi connectivity index (χ2n) is 7.02. The third kappa shape index (κ3) is 5.04.